The van der Waals surface area contributed by atoms with Gasteiger partial charge in [-0.25, -0.2) is 0 Å². The normalized spacial score (nSPS) is 14.6. The SMILES string of the molecule is C[B]C(C)(C)OC(=O)C(CC(C)(C)C)C(C)C. The van der Waals surface area contributed by atoms with Crippen LogP contribution >= 0.6 is 0 Å². The van der Waals surface area contributed by atoms with Crippen molar-refractivity contribution in [3.05, 3.63) is 0 Å². The highest BCUT2D eigenvalue weighted by molar-refractivity contribution is 6.37. The first-order valence-corrected chi connectivity index (χ1v) is 6.52. The second kappa shape index (κ2) is 5.93. The van der Waals surface area contributed by atoms with Gasteiger partial charge in [-0.15, -0.1) is 0 Å². The van der Waals surface area contributed by atoms with Crippen molar-refractivity contribution in [1.82, 2.24) is 0 Å². The standard InChI is InChI=1S/C14H28BO2/c1-10(2)11(9-13(3,4)5)12(16)17-14(6,7)15-8/h10-11H,9H2,1-8H3. The molecule has 1 atom stereocenters. The van der Waals surface area contributed by atoms with Gasteiger partial charge in [0.2, 0.25) is 0 Å². The number of hydrogen-bond acceptors (Lipinski definition) is 2. The number of carbonyl (C=O) groups excluding carboxylic acids is 1. The van der Waals surface area contributed by atoms with Gasteiger partial charge in [0.05, 0.1) is 11.4 Å². The Morgan fingerprint density at radius 3 is 1.94 bits per heavy atom. The third-order valence-electron chi connectivity index (χ3n) is 3.00. The van der Waals surface area contributed by atoms with Gasteiger partial charge < -0.3 is 4.74 Å². The summed E-state index contributed by atoms with van der Waals surface area (Å²) in [4.78, 5) is 12.2. The van der Waals surface area contributed by atoms with E-state index in [0.717, 1.165) is 6.42 Å². The molecule has 0 aliphatic rings. The molecule has 99 valence electrons. The Bertz CT molecular complexity index is 251. The van der Waals surface area contributed by atoms with E-state index in [-0.39, 0.29) is 17.3 Å². The lowest BCUT2D eigenvalue weighted by atomic mass is 9.65. The van der Waals surface area contributed by atoms with Crippen molar-refractivity contribution in [2.75, 3.05) is 0 Å². The van der Waals surface area contributed by atoms with E-state index in [1.165, 1.54) is 0 Å². The molecule has 2 nitrogen and oxygen atoms in total. The molecule has 0 heterocycles. The highest BCUT2D eigenvalue weighted by atomic mass is 16.6. The minimum atomic E-state index is -0.470. The van der Waals surface area contributed by atoms with E-state index in [9.17, 15) is 4.79 Å². The molecule has 0 aromatic rings. The molecule has 0 saturated heterocycles. The summed E-state index contributed by atoms with van der Waals surface area (Å²) in [7, 11) is 1.92. The molecule has 0 bridgehead atoms. The average molecular weight is 239 g/mol. The molecule has 3 heteroatoms. The van der Waals surface area contributed by atoms with Gasteiger partial charge in [0.1, 0.15) is 0 Å². The van der Waals surface area contributed by atoms with E-state index in [1.54, 1.807) is 0 Å². The summed E-state index contributed by atoms with van der Waals surface area (Å²) in [5.74, 6) is 0.224. The molecular weight excluding hydrogens is 211 g/mol. The largest absolute Gasteiger partial charge is 0.469 e. The van der Waals surface area contributed by atoms with Crippen molar-refractivity contribution in [2.24, 2.45) is 17.3 Å². The third kappa shape index (κ3) is 6.75. The second-order valence-corrected chi connectivity index (χ2v) is 6.93. The van der Waals surface area contributed by atoms with Gasteiger partial charge in [0.15, 0.2) is 7.28 Å². The van der Waals surface area contributed by atoms with Crippen LogP contribution in [0.4, 0.5) is 0 Å². The zero-order valence-electron chi connectivity index (χ0n) is 12.8. The van der Waals surface area contributed by atoms with E-state index in [2.05, 4.69) is 34.6 Å². The molecule has 0 fully saturated rings. The van der Waals surface area contributed by atoms with Gasteiger partial charge in [-0.1, -0.05) is 41.4 Å². The van der Waals surface area contributed by atoms with Crippen molar-refractivity contribution < 1.29 is 9.53 Å². The maximum atomic E-state index is 12.2. The molecule has 0 amide bonds. The monoisotopic (exact) mass is 239 g/mol. The predicted molar refractivity (Wildman–Crippen MR) is 74.2 cm³/mol. The quantitative estimate of drug-likeness (QED) is 0.539. The maximum Gasteiger partial charge on any atom is 0.308 e. The summed E-state index contributed by atoms with van der Waals surface area (Å²) in [6, 6.07) is 0. The summed E-state index contributed by atoms with van der Waals surface area (Å²) < 4.78 is 5.56. The average Bonchev–Trinajstić information content (AvgIpc) is 2.11. The minimum absolute atomic E-state index is 0.0192. The number of rotatable bonds is 5. The van der Waals surface area contributed by atoms with Crippen LogP contribution in [-0.4, -0.2) is 18.7 Å². The van der Waals surface area contributed by atoms with Crippen molar-refractivity contribution >= 4 is 13.2 Å². The van der Waals surface area contributed by atoms with Crippen LogP contribution in [0.1, 0.15) is 54.9 Å². The van der Waals surface area contributed by atoms with Crippen LogP contribution in [0.3, 0.4) is 0 Å². The maximum absolute atomic E-state index is 12.2. The predicted octanol–water partition coefficient (Wildman–Crippen LogP) is 3.73. The van der Waals surface area contributed by atoms with Gasteiger partial charge in [0, 0.05) is 0 Å². The lowest BCUT2D eigenvalue weighted by molar-refractivity contribution is -0.158. The summed E-state index contributed by atoms with van der Waals surface area (Å²) >= 11 is 0. The Morgan fingerprint density at radius 2 is 1.65 bits per heavy atom. The molecule has 1 unspecified atom stereocenters. The highest BCUT2D eigenvalue weighted by Gasteiger charge is 2.32. The second-order valence-electron chi connectivity index (χ2n) is 6.93. The van der Waals surface area contributed by atoms with Crippen LogP contribution in [0.25, 0.3) is 0 Å². The number of ether oxygens (including phenoxy) is 1. The summed E-state index contributed by atoms with van der Waals surface area (Å²) in [6.07, 6.45) is 0.864. The number of carbonyl (C=O) groups is 1. The van der Waals surface area contributed by atoms with Crippen molar-refractivity contribution in [2.45, 2.75) is 67.2 Å². The van der Waals surface area contributed by atoms with Gasteiger partial charge in [0.25, 0.3) is 0 Å². The third-order valence-corrected chi connectivity index (χ3v) is 3.00. The van der Waals surface area contributed by atoms with E-state index in [0.29, 0.717) is 5.92 Å². The molecule has 0 aromatic heterocycles. The molecule has 0 saturated carbocycles. The zero-order chi connectivity index (χ0) is 13.9. The Balaban J connectivity index is 4.68. The molecule has 0 aliphatic heterocycles. The number of hydrogen-bond donors (Lipinski definition) is 0. The van der Waals surface area contributed by atoms with Gasteiger partial charge in [-0.2, -0.15) is 0 Å². The zero-order valence-corrected chi connectivity index (χ0v) is 12.8. The first-order valence-electron chi connectivity index (χ1n) is 6.52. The molecule has 17 heavy (non-hydrogen) atoms. The lowest BCUT2D eigenvalue weighted by Crippen LogP contribution is -2.38. The van der Waals surface area contributed by atoms with Gasteiger partial charge in [-0.05, 0) is 31.6 Å². The van der Waals surface area contributed by atoms with Gasteiger partial charge in [-0.3, -0.25) is 4.79 Å². The Kier molecular flexibility index (Phi) is 5.76. The fourth-order valence-electron chi connectivity index (χ4n) is 1.64. The van der Waals surface area contributed by atoms with E-state index in [4.69, 9.17) is 4.74 Å². The fourth-order valence-corrected chi connectivity index (χ4v) is 1.64. The molecule has 0 N–H and O–H groups in total. The van der Waals surface area contributed by atoms with Crippen LogP contribution in [0, 0.1) is 17.3 Å². The van der Waals surface area contributed by atoms with E-state index >= 15 is 0 Å². The topological polar surface area (TPSA) is 26.3 Å². The van der Waals surface area contributed by atoms with Crippen LogP contribution in [0.15, 0.2) is 0 Å². The van der Waals surface area contributed by atoms with E-state index in [1.807, 2.05) is 28.0 Å². The lowest BCUT2D eigenvalue weighted by Gasteiger charge is -2.31. The fraction of sp³-hybridized carbons (Fsp3) is 0.929. The molecular formula is C14H28BO2. The smallest absolute Gasteiger partial charge is 0.308 e. The van der Waals surface area contributed by atoms with Crippen LogP contribution in [0.5, 0.6) is 0 Å². The first kappa shape index (κ1) is 16.5. The van der Waals surface area contributed by atoms with Crippen LogP contribution < -0.4 is 0 Å². The van der Waals surface area contributed by atoms with Gasteiger partial charge >= 0.3 is 5.97 Å². The van der Waals surface area contributed by atoms with Crippen molar-refractivity contribution in [1.29, 1.82) is 0 Å². The van der Waals surface area contributed by atoms with Crippen LogP contribution in [0.2, 0.25) is 6.82 Å². The first-order chi connectivity index (χ1) is 7.48. The summed E-state index contributed by atoms with van der Waals surface area (Å²) in [5.41, 5.74) is -0.323. The van der Waals surface area contributed by atoms with E-state index < -0.39 is 5.50 Å². The molecule has 0 spiro atoms. The number of esters is 1. The molecule has 0 aromatic carbocycles. The summed E-state index contributed by atoms with van der Waals surface area (Å²) in [5, 5.41) is 0. The summed E-state index contributed by atoms with van der Waals surface area (Å²) in [6.45, 7) is 16.4. The Labute approximate surface area is 108 Å². The Hall–Kier alpha value is -0.465. The highest BCUT2D eigenvalue weighted by Crippen LogP contribution is 2.30. The van der Waals surface area contributed by atoms with Crippen molar-refractivity contribution in [3.8, 4) is 0 Å². The molecule has 0 rings (SSSR count). The minimum Gasteiger partial charge on any atom is -0.469 e. The van der Waals surface area contributed by atoms with Crippen molar-refractivity contribution in [3.63, 3.8) is 0 Å². The molecule has 0 aliphatic carbocycles. The van der Waals surface area contributed by atoms with Crippen LogP contribution in [-0.2, 0) is 9.53 Å². The molecule has 1 radical (unpaired) electrons. The Morgan fingerprint density at radius 1 is 1.18 bits per heavy atom.